The summed E-state index contributed by atoms with van der Waals surface area (Å²) in [5.74, 6) is -0.417. The molecule has 21 heavy (non-hydrogen) atoms. The molecule has 0 bridgehead atoms. The minimum atomic E-state index is -0.599. The number of amides is 1. The molecule has 1 aromatic heterocycles. The topological polar surface area (TPSA) is 98.3 Å². The van der Waals surface area contributed by atoms with Crippen LogP contribution in [-0.2, 0) is 6.54 Å². The number of aryl methyl sites for hydroxylation is 2. The van der Waals surface area contributed by atoms with Crippen LogP contribution in [0.4, 0.5) is 11.4 Å². The molecule has 0 atom stereocenters. The van der Waals surface area contributed by atoms with Crippen molar-refractivity contribution in [1.29, 1.82) is 0 Å². The molecular weight excluding hydrogens is 290 g/mol. The molecule has 0 unspecified atom stereocenters. The highest BCUT2D eigenvalue weighted by Gasteiger charge is 2.18. The molecule has 1 aromatic carbocycles. The van der Waals surface area contributed by atoms with Crippen LogP contribution in [0, 0.1) is 24.0 Å². The Labute approximate surface area is 125 Å². The highest BCUT2D eigenvalue weighted by molar-refractivity contribution is 7.12. The van der Waals surface area contributed by atoms with Gasteiger partial charge in [0, 0.05) is 15.8 Å². The summed E-state index contributed by atoms with van der Waals surface area (Å²) >= 11 is 1.61. The van der Waals surface area contributed by atoms with Gasteiger partial charge in [-0.2, -0.15) is 0 Å². The first-order chi connectivity index (χ1) is 9.90. The van der Waals surface area contributed by atoms with Crippen molar-refractivity contribution in [2.24, 2.45) is 0 Å². The van der Waals surface area contributed by atoms with Crippen LogP contribution in [0.2, 0.25) is 0 Å². The molecule has 2 rings (SSSR count). The molecule has 1 amide bonds. The van der Waals surface area contributed by atoms with Crippen molar-refractivity contribution >= 4 is 28.6 Å². The zero-order valence-corrected chi connectivity index (χ0v) is 12.5. The summed E-state index contributed by atoms with van der Waals surface area (Å²) in [7, 11) is 0. The third-order valence-electron chi connectivity index (χ3n) is 3.16. The molecule has 0 radical (unpaired) electrons. The van der Waals surface area contributed by atoms with E-state index in [1.807, 2.05) is 19.9 Å². The van der Waals surface area contributed by atoms with Crippen LogP contribution in [-0.4, -0.2) is 10.8 Å². The van der Waals surface area contributed by atoms with E-state index < -0.39 is 10.8 Å². The normalized spacial score (nSPS) is 10.4. The van der Waals surface area contributed by atoms with E-state index in [2.05, 4.69) is 5.32 Å². The van der Waals surface area contributed by atoms with Crippen molar-refractivity contribution in [1.82, 2.24) is 5.32 Å². The van der Waals surface area contributed by atoms with E-state index in [0.29, 0.717) is 6.54 Å². The number of carbonyl (C=O) groups excluding carboxylic acids is 1. The van der Waals surface area contributed by atoms with Gasteiger partial charge in [0.25, 0.3) is 11.6 Å². The van der Waals surface area contributed by atoms with E-state index in [1.54, 1.807) is 11.3 Å². The molecule has 0 fully saturated rings. The Balaban J connectivity index is 2.14. The second-order valence-corrected chi connectivity index (χ2v) is 5.97. The van der Waals surface area contributed by atoms with E-state index in [9.17, 15) is 14.9 Å². The van der Waals surface area contributed by atoms with Crippen LogP contribution >= 0.6 is 11.3 Å². The molecule has 3 N–H and O–H groups in total. The fraction of sp³-hybridized carbons (Fsp3) is 0.214. The van der Waals surface area contributed by atoms with Gasteiger partial charge >= 0.3 is 0 Å². The van der Waals surface area contributed by atoms with E-state index in [0.717, 1.165) is 4.88 Å². The molecule has 1 heterocycles. The molecule has 0 saturated heterocycles. The summed E-state index contributed by atoms with van der Waals surface area (Å²) in [6, 6.07) is 6.21. The van der Waals surface area contributed by atoms with Crippen molar-refractivity contribution in [2.75, 3.05) is 5.73 Å². The van der Waals surface area contributed by atoms with Gasteiger partial charge in [-0.1, -0.05) is 6.07 Å². The van der Waals surface area contributed by atoms with E-state index in [-0.39, 0.29) is 16.9 Å². The molecule has 0 aliphatic rings. The maximum atomic E-state index is 12.1. The van der Waals surface area contributed by atoms with Crippen molar-refractivity contribution in [2.45, 2.75) is 20.4 Å². The Bertz CT molecular complexity index is 690. The highest BCUT2D eigenvalue weighted by Crippen LogP contribution is 2.25. The first-order valence-electron chi connectivity index (χ1n) is 6.27. The lowest BCUT2D eigenvalue weighted by Crippen LogP contribution is -2.23. The number of nitrogens with two attached hydrogens (primary N) is 1. The molecule has 0 spiro atoms. The Morgan fingerprint density at radius 2 is 2.14 bits per heavy atom. The third-order valence-corrected chi connectivity index (χ3v) is 4.32. The Hall–Kier alpha value is -2.41. The van der Waals surface area contributed by atoms with E-state index in [4.69, 9.17) is 5.73 Å². The number of para-hydroxylation sites is 1. The minimum absolute atomic E-state index is 0.112. The average molecular weight is 305 g/mol. The zero-order chi connectivity index (χ0) is 15.6. The molecule has 2 aromatic rings. The number of nitro benzene ring substituents is 1. The number of thiophene rings is 1. The van der Waals surface area contributed by atoms with Crippen molar-refractivity contribution in [3.05, 3.63) is 55.3 Å². The number of benzene rings is 1. The molecule has 7 heteroatoms. The highest BCUT2D eigenvalue weighted by atomic mass is 32.1. The van der Waals surface area contributed by atoms with Gasteiger partial charge in [0.1, 0.15) is 5.69 Å². The number of nitro groups is 1. The van der Waals surface area contributed by atoms with Crippen LogP contribution in [0.1, 0.15) is 25.7 Å². The quantitative estimate of drug-likeness (QED) is 0.515. The number of nitrogens with one attached hydrogen (secondary N) is 1. The predicted molar refractivity (Wildman–Crippen MR) is 82.5 cm³/mol. The van der Waals surface area contributed by atoms with Crippen molar-refractivity contribution in [3.63, 3.8) is 0 Å². The lowest BCUT2D eigenvalue weighted by atomic mass is 10.1. The van der Waals surface area contributed by atoms with Crippen LogP contribution in [0.5, 0.6) is 0 Å². The van der Waals surface area contributed by atoms with Crippen molar-refractivity contribution < 1.29 is 9.72 Å². The first-order valence-corrected chi connectivity index (χ1v) is 7.08. The van der Waals surface area contributed by atoms with Gasteiger partial charge in [-0.25, -0.2) is 0 Å². The average Bonchev–Trinajstić information content (AvgIpc) is 2.75. The fourth-order valence-corrected chi connectivity index (χ4v) is 2.90. The van der Waals surface area contributed by atoms with Crippen LogP contribution in [0.15, 0.2) is 24.3 Å². The Kier molecular flexibility index (Phi) is 4.23. The second-order valence-electron chi connectivity index (χ2n) is 4.63. The first kappa shape index (κ1) is 15.0. The predicted octanol–water partition coefficient (Wildman–Crippen LogP) is 2.79. The molecular formula is C14H15N3O3S. The van der Waals surface area contributed by atoms with Gasteiger partial charge in [0.05, 0.1) is 17.0 Å². The fourth-order valence-electron chi connectivity index (χ4n) is 1.91. The summed E-state index contributed by atoms with van der Waals surface area (Å²) in [6.45, 7) is 4.40. The maximum Gasteiger partial charge on any atom is 0.292 e. The van der Waals surface area contributed by atoms with E-state index >= 15 is 0 Å². The lowest BCUT2D eigenvalue weighted by Gasteiger charge is -2.06. The third kappa shape index (κ3) is 3.19. The number of rotatable bonds is 4. The largest absolute Gasteiger partial charge is 0.393 e. The van der Waals surface area contributed by atoms with Crippen LogP contribution < -0.4 is 11.1 Å². The standard InChI is InChI=1S/C14H15N3O3S/c1-8-6-10(21-9(8)2)7-16-14(18)11-4-3-5-12(13(11)15)17(19)20/h3-6H,7,15H2,1-2H3,(H,16,18). The van der Waals surface area contributed by atoms with Gasteiger partial charge in [-0.15, -0.1) is 11.3 Å². The molecule has 0 saturated carbocycles. The van der Waals surface area contributed by atoms with Gasteiger partial charge in [0.15, 0.2) is 0 Å². The van der Waals surface area contributed by atoms with Crippen LogP contribution in [0.3, 0.4) is 0 Å². The summed E-state index contributed by atoms with van der Waals surface area (Å²) in [4.78, 5) is 24.5. The van der Waals surface area contributed by atoms with Crippen LogP contribution in [0.25, 0.3) is 0 Å². The molecule has 110 valence electrons. The number of nitrogen functional groups attached to an aromatic ring is 1. The summed E-state index contributed by atoms with van der Waals surface area (Å²) in [5, 5.41) is 13.5. The van der Waals surface area contributed by atoms with E-state index in [1.165, 1.54) is 28.6 Å². The summed E-state index contributed by atoms with van der Waals surface area (Å²) < 4.78 is 0. The van der Waals surface area contributed by atoms with Crippen molar-refractivity contribution in [3.8, 4) is 0 Å². The molecule has 0 aliphatic carbocycles. The Morgan fingerprint density at radius 3 is 2.71 bits per heavy atom. The van der Waals surface area contributed by atoms with Gasteiger partial charge in [-0.3, -0.25) is 14.9 Å². The zero-order valence-electron chi connectivity index (χ0n) is 11.7. The smallest absolute Gasteiger partial charge is 0.292 e. The molecule has 0 aliphatic heterocycles. The SMILES string of the molecule is Cc1cc(CNC(=O)c2cccc([N+](=O)[O-])c2N)sc1C. The number of hydrogen-bond donors (Lipinski definition) is 2. The Morgan fingerprint density at radius 1 is 1.43 bits per heavy atom. The minimum Gasteiger partial charge on any atom is -0.393 e. The number of anilines is 1. The molecule has 6 nitrogen and oxygen atoms in total. The van der Waals surface area contributed by atoms with Gasteiger partial charge in [0.2, 0.25) is 0 Å². The van der Waals surface area contributed by atoms with Gasteiger partial charge < -0.3 is 11.1 Å². The number of hydrogen-bond acceptors (Lipinski definition) is 5. The van der Waals surface area contributed by atoms with Gasteiger partial charge in [-0.05, 0) is 31.5 Å². The maximum absolute atomic E-state index is 12.1. The number of carbonyl (C=O) groups is 1. The number of nitrogens with zero attached hydrogens (tertiary/aromatic N) is 1. The second kappa shape index (κ2) is 5.92. The lowest BCUT2D eigenvalue weighted by molar-refractivity contribution is -0.383. The summed E-state index contributed by atoms with van der Waals surface area (Å²) in [5.41, 5.74) is 6.61. The monoisotopic (exact) mass is 305 g/mol. The summed E-state index contributed by atoms with van der Waals surface area (Å²) in [6.07, 6.45) is 0.